The standard InChI is InChI=1S/C11H11N3OS2.C8H9F3.C5H11NO.C4H12N2.C3H6.2C2H6/c1-12-8(6-15-2)10(16)11-14-7-3-4-13-5-9(7)17-11;1-6-2-4-7(5-3-6)8(9,10)11;1-6-2-4-7-5-3-6;1-6(2)4-3-5;1-3-2;2*1-2/h3-5,16H,1,6H2,2H3;2-4,7H,5H2,1H3;2-5H2,1H3;3-5H2,1-2H3;3H,1H2,2H3;2*1-2H3/b10-8-;;;;;;. The quantitative estimate of drug-likeness (QED) is 0.176. The van der Waals surface area contributed by atoms with Crippen LogP contribution in [0.25, 0.3) is 15.1 Å². The maximum atomic E-state index is 12.0. The molecule has 1 aliphatic heterocycles. The summed E-state index contributed by atoms with van der Waals surface area (Å²) in [6, 6.07) is 1.87. The lowest BCUT2D eigenvalue weighted by Gasteiger charge is -2.21. The van der Waals surface area contributed by atoms with E-state index in [1.807, 2.05) is 54.8 Å². The molecular formula is C35H61F3N6O2S2. The molecule has 8 nitrogen and oxygen atoms in total. The van der Waals surface area contributed by atoms with Crippen LogP contribution < -0.4 is 5.73 Å². The fourth-order valence-electron chi connectivity index (χ4n) is 3.21. The normalized spacial score (nSPS) is 15.7. The maximum absolute atomic E-state index is 12.0. The molecule has 1 saturated heterocycles. The number of aromatic nitrogens is 2. The highest BCUT2D eigenvalue weighted by molar-refractivity contribution is 7.90. The number of hydrogen-bond acceptors (Lipinski definition) is 10. The Morgan fingerprint density at radius 3 is 2.19 bits per heavy atom. The third kappa shape index (κ3) is 24.7. The first-order valence-electron chi connectivity index (χ1n) is 16.0. The van der Waals surface area contributed by atoms with Crippen molar-refractivity contribution in [3.63, 3.8) is 0 Å². The molecule has 276 valence electrons. The molecule has 48 heavy (non-hydrogen) atoms. The summed E-state index contributed by atoms with van der Waals surface area (Å²) in [4.78, 5) is 17.4. The summed E-state index contributed by atoms with van der Waals surface area (Å²) in [7, 11) is 7.73. The summed E-state index contributed by atoms with van der Waals surface area (Å²) in [5, 5.41) is 0.802. The van der Waals surface area contributed by atoms with Crippen molar-refractivity contribution in [3.8, 4) is 0 Å². The van der Waals surface area contributed by atoms with Crippen LogP contribution >= 0.6 is 24.0 Å². The van der Waals surface area contributed by atoms with E-state index in [1.54, 1.807) is 38.6 Å². The Morgan fingerprint density at radius 2 is 1.83 bits per heavy atom. The zero-order valence-corrected chi connectivity index (χ0v) is 32.5. The van der Waals surface area contributed by atoms with Gasteiger partial charge in [0, 0.05) is 45.7 Å². The van der Waals surface area contributed by atoms with Crippen molar-refractivity contribution in [2.24, 2.45) is 16.6 Å². The number of ether oxygens (including phenoxy) is 2. The van der Waals surface area contributed by atoms with Gasteiger partial charge < -0.3 is 25.0 Å². The number of likely N-dealkylation sites (N-methyl/N-ethyl adjacent to an activating group) is 2. The number of halogens is 3. The van der Waals surface area contributed by atoms with E-state index in [0.29, 0.717) is 17.2 Å². The molecule has 4 rings (SSSR count). The third-order valence-electron chi connectivity index (χ3n) is 5.66. The van der Waals surface area contributed by atoms with Gasteiger partial charge in [0.15, 0.2) is 0 Å². The maximum Gasteiger partial charge on any atom is 0.395 e. The number of pyridine rings is 1. The zero-order valence-electron chi connectivity index (χ0n) is 30.8. The van der Waals surface area contributed by atoms with Gasteiger partial charge in [-0.2, -0.15) is 13.2 Å². The van der Waals surface area contributed by atoms with Crippen LogP contribution in [0.2, 0.25) is 0 Å². The lowest BCUT2D eigenvalue weighted by molar-refractivity contribution is -0.160. The predicted molar refractivity (Wildman–Crippen MR) is 206 cm³/mol. The molecule has 3 heterocycles. The first-order valence-corrected chi connectivity index (χ1v) is 17.3. The average Bonchev–Trinajstić information content (AvgIpc) is 3.51. The van der Waals surface area contributed by atoms with Crippen LogP contribution in [0.5, 0.6) is 0 Å². The molecule has 0 bridgehead atoms. The molecule has 1 fully saturated rings. The fraction of sp³-hybridized carbons (Fsp3) is 0.571. The van der Waals surface area contributed by atoms with Gasteiger partial charge in [0.25, 0.3) is 0 Å². The second-order valence-electron chi connectivity index (χ2n) is 9.86. The fourth-order valence-corrected chi connectivity index (χ4v) is 4.43. The lowest BCUT2D eigenvalue weighted by Crippen LogP contribution is -2.32. The number of morpholine rings is 1. The number of methoxy groups -OCH3 is 1. The summed E-state index contributed by atoms with van der Waals surface area (Å²) in [6.07, 6.45) is 5.61. The topological polar surface area (TPSA) is 89.1 Å². The Bertz CT molecular complexity index is 1150. The van der Waals surface area contributed by atoms with Gasteiger partial charge in [-0.15, -0.1) is 30.5 Å². The minimum absolute atomic E-state index is 0.0891. The Hall–Kier alpha value is -2.39. The summed E-state index contributed by atoms with van der Waals surface area (Å²) in [5.41, 5.74) is 7.69. The van der Waals surface area contributed by atoms with E-state index in [1.165, 1.54) is 23.5 Å². The molecule has 0 aromatic carbocycles. The number of thiazole rings is 1. The average molecular weight is 719 g/mol. The monoisotopic (exact) mass is 718 g/mol. The molecule has 0 saturated carbocycles. The van der Waals surface area contributed by atoms with Gasteiger partial charge in [0.1, 0.15) is 5.01 Å². The van der Waals surface area contributed by atoms with Crippen LogP contribution in [0.1, 0.15) is 53.0 Å². The number of fused-ring (bicyclic) bond motifs is 1. The van der Waals surface area contributed by atoms with Gasteiger partial charge in [-0.05, 0) is 54.2 Å². The number of thiol groups is 1. The molecule has 2 N–H and O–H groups in total. The molecule has 1 unspecified atom stereocenters. The summed E-state index contributed by atoms with van der Waals surface area (Å²) in [6.45, 7) is 24.7. The van der Waals surface area contributed by atoms with E-state index >= 15 is 0 Å². The molecular weight excluding hydrogens is 658 g/mol. The third-order valence-corrected chi connectivity index (χ3v) is 7.30. The van der Waals surface area contributed by atoms with Crippen molar-refractivity contribution in [3.05, 3.63) is 65.6 Å². The van der Waals surface area contributed by atoms with Crippen molar-refractivity contribution in [2.45, 2.75) is 54.1 Å². The van der Waals surface area contributed by atoms with Crippen LogP contribution in [-0.4, -0.2) is 107 Å². The van der Waals surface area contributed by atoms with E-state index in [4.69, 9.17) is 15.2 Å². The second kappa shape index (κ2) is 31.9. The van der Waals surface area contributed by atoms with Crippen LogP contribution in [0.4, 0.5) is 13.2 Å². The van der Waals surface area contributed by atoms with Gasteiger partial charge in [-0.1, -0.05) is 57.6 Å². The lowest BCUT2D eigenvalue weighted by atomic mass is 9.97. The smallest absolute Gasteiger partial charge is 0.379 e. The SMILES string of the molecule is C=CC.C=N/C(COC)=C(\S)c1nc2ccncc2s1.CC.CC.CC1=CCC(C(F)(F)F)C=C1.CN(C)CCN.CN1CCOCC1. The van der Waals surface area contributed by atoms with Crippen molar-refractivity contribution in [2.75, 3.05) is 74.3 Å². The van der Waals surface area contributed by atoms with Crippen LogP contribution in [-0.2, 0) is 9.47 Å². The van der Waals surface area contributed by atoms with Gasteiger partial charge in [0.05, 0.1) is 46.6 Å². The van der Waals surface area contributed by atoms with Crippen molar-refractivity contribution < 1.29 is 22.6 Å². The number of aliphatic imine (C=N–C) groups is 1. The Labute approximate surface area is 298 Å². The largest absolute Gasteiger partial charge is 0.395 e. The Balaban J connectivity index is -0.000000565. The van der Waals surface area contributed by atoms with Gasteiger partial charge >= 0.3 is 6.18 Å². The highest BCUT2D eigenvalue weighted by Crippen LogP contribution is 2.33. The summed E-state index contributed by atoms with van der Waals surface area (Å²) < 4.78 is 47.1. The summed E-state index contributed by atoms with van der Waals surface area (Å²) in [5.74, 6) is -1.27. The van der Waals surface area contributed by atoms with Crippen LogP contribution in [0.3, 0.4) is 0 Å². The molecule has 0 radical (unpaired) electrons. The second-order valence-corrected chi connectivity index (χ2v) is 11.3. The van der Waals surface area contributed by atoms with Crippen molar-refractivity contribution >= 4 is 45.8 Å². The zero-order chi connectivity index (χ0) is 37.5. The van der Waals surface area contributed by atoms with E-state index in [-0.39, 0.29) is 6.42 Å². The van der Waals surface area contributed by atoms with Crippen LogP contribution in [0.15, 0.2) is 65.6 Å². The van der Waals surface area contributed by atoms with Gasteiger partial charge in [0.2, 0.25) is 0 Å². The first kappa shape index (κ1) is 50.0. The minimum Gasteiger partial charge on any atom is -0.379 e. The predicted octanol–water partition coefficient (Wildman–Crippen LogP) is 8.41. The molecule has 0 amide bonds. The van der Waals surface area contributed by atoms with Crippen molar-refractivity contribution in [1.82, 2.24) is 19.8 Å². The molecule has 2 aliphatic rings. The number of hydrogen-bond donors (Lipinski definition) is 2. The Kier molecular flexibility index (Phi) is 33.2. The van der Waals surface area contributed by atoms with Gasteiger partial charge in [-0.25, -0.2) is 4.98 Å². The van der Waals surface area contributed by atoms with Crippen LogP contribution in [0, 0.1) is 5.92 Å². The number of allylic oxidation sites excluding steroid dienone is 5. The molecule has 2 aromatic rings. The molecule has 0 spiro atoms. The minimum atomic E-state index is -4.08. The van der Waals surface area contributed by atoms with E-state index in [9.17, 15) is 13.2 Å². The van der Waals surface area contributed by atoms with Crippen molar-refractivity contribution in [1.29, 1.82) is 0 Å². The highest BCUT2D eigenvalue weighted by Gasteiger charge is 2.37. The van der Waals surface area contributed by atoms with E-state index in [2.05, 4.69) is 57.7 Å². The summed E-state index contributed by atoms with van der Waals surface area (Å²) >= 11 is 5.96. The highest BCUT2D eigenvalue weighted by atomic mass is 32.1. The number of alkyl halides is 3. The van der Waals surface area contributed by atoms with Gasteiger partial charge in [-0.3, -0.25) is 9.98 Å². The molecule has 1 atom stereocenters. The number of nitrogens with zero attached hydrogens (tertiary/aromatic N) is 5. The molecule has 2 aromatic heterocycles. The molecule has 1 aliphatic carbocycles. The Morgan fingerprint density at radius 1 is 1.25 bits per heavy atom. The van der Waals surface area contributed by atoms with E-state index in [0.717, 1.165) is 60.2 Å². The number of rotatable bonds is 6. The first-order chi connectivity index (χ1) is 22.8. The molecule has 13 heteroatoms. The van der Waals surface area contributed by atoms with E-state index < -0.39 is 12.1 Å². The number of nitrogens with two attached hydrogens (primary N) is 1.